The van der Waals surface area contributed by atoms with E-state index in [-0.39, 0.29) is 48.6 Å². The minimum absolute atomic E-state index is 0. The number of likely N-dealkylation sites (N-methyl/N-ethyl adjacent to an activating group) is 1. The second-order valence-electron chi connectivity index (χ2n) is 8.23. The first kappa shape index (κ1) is 24.7. The Morgan fingerprint density at radius 1 is 1.23 bits per heavy atom. The van der Waals surface area contributed by atoms with Crippen LogP contribution in [0.25, 0.3) is 0 Å². The van der Waals surface area contributed by atoms with Crippen molar-refractivity contribution in [1.29, 1.82) is 0 Å². The highest BCUT2D eigenvalue weighted by molar-refractivity contribution is 14.0. The predicted molar refractivity (Wildman–Crippen MR) is 133 cm³/mol. The van der Waals surface area contributed by atoms with Gasteiger partial charge in [-0.05, 0) is 44.7 Å². The van der Waals surface area contributed by atoms with Crippen molar-refractivity contribution < 1.29 is 9.53 Å². The van der Waals surface area contributed by atoms with Gasteiger partial charge in [0.1, 0.15) is 6.54 Å². The van der Waals surface area contributed by atoms with Gasteiger partial charge in [0.25, 0.3) is 0 Å². The normalized spacial score (nSPS) is 21.7. The molecule has 30 heavy (non-hydrogen) atoms. The first-order chi connectivity index (χ1) is 14.0. The molecule has 0 radical (unpaired) electrons. The maximum atomic E-state index is 12.0. The molecule has 2 aliphatic heterocycles. The zero-order valence-electron chi connectivity index (χ0n) is 18.4. The van der Waals surface area contributed by atoms with E-state index in [1.54, 1.807) is 19.0 Å². The van der Waals surface area contributed by atoms with Crippen LogP contribution in [0.3, 0.4) is 0 Å². The van der Waals surface area contributed by atoms with Gasteiger partial charge in [-0.15, -0.1) is 24.0 Å². The molecule has 0 saturated carbocycles. The molecule has 2 aliphatic rings. The number of rotatable bonds is 6. The van der Waals surface area contributed by atoms with Gasteiger partial charge in [-0.3, -0.25) is 4.79 Å². The summed E-state index contributed by atoms with van der Waals surface area (Å²) in [5.41, 5.74) is 2.54. The Morgan fingerprint density at radius 2 is 2.00 bits per heavy atom. The standard InChI is InChI=1S/C22H35N5O2.HI/c1-17-8-10-19(11-9-17)27-12-4-6-18(16-27)25-22(24-15-21(28)26(2)3)23-14-20-7-5-13-29-20;/h8-11,18,20H,4-7,12-16H2,1-3H3,(H2,23,24,25);1H. The molecule has 1 amide bonds. The van der Waals surface area contributed by atoms with Gasteiger partial charge in [0, 0.05) is 52.1 Å². The molecule has 168 valence electrons. The van der Waals surface area contributed by atoms with Gasteiger partial charge < -0.3 is 25.2 Å². The van der Waals surface area contributed by atoms with E-state index in [1.807, 2.05) is 0 Å². The molecule has 7 nitrogen and oxygen atoms in total. The molecular formula is C22H36IN5O2. The van der Waals surface area contributed by atoms with Crippen molar-refractivity contribution in [3.05, 3.63) is 29.8 Å². The van der Waals surface area contributed by atoms with Gasteiger partial charge in [0.15, 0.2) is 5.96 Å². The second-order valence-corrected chi connectivity index (χ2v) is 8.23. The van der Waals surface area contributed by atoms with Gasteiger partial charge in [-0.1, -0.05) is 17.7 Å². The molecule has 0 aliphatic carbocycles. The van der Waals surface area contributed by atoms with Crippen LogP contribution in [0.4, 0.5) is 5.69 Å². The number of piperidine rings is 1. The molecule has 2 N–H and O–H groups in total. The molecule has 3 rings (SSSR count). The molecule has 2 atom stereocenters. The largest absolute Gasteiger partial charge is 0.376 e. The Hall–Kier alpha value is -1.55. The summed E-state index contributed by atoms with van der Waals surface area (Å²) in [6, 6.07) is 9.00. The van der Waals surface area contributed by atoms with Crippen LogP contribution in [-0.4, -0.2) is 75.8 Å². The van der Waals surface area contributed by atoms with Crippen molar-refractivity contribution in [1.82, 2.24) is 15.5 Å². The highest BCUT2D eigenvalue weighted by Crippen LogP contribution is 2.20. The number of aryl methyl sites for hydroxylation is 1. The van der Waals surface area contributed by atoms with Gasteiger partial charge in [-0.25, -0.2) is 4.99 Å². The van der Waals surface area contributed by atoms with E-state index < -0.39 is 0 Å². The lowest BCUT2D eigenvalue weighted by atomic mass is 10.0. The fourth-order valence-electron chi connectivity index (χ4n) is 3.73. The minimum Gasteiger partial charge on any atom is -0.376 e. The van der Waals surface area contributed by atoms with E-state index in [0.717, 1.165) is 51.9 Å². The van der Waals surface area contributed by atoms with Gasteiger partial charge in [0.2, 0.25) is 5.91 Å². The van der Waals surface area contributed by atoms with Crippen LogP contribution < -0.4 is 15.5 Å². The number of nitrogens with one attached hydrogen (secondary N) is 2. The summed E-state index contributed by atoms with van der Waals surface area (Å²) in [5.74, 6) is 0.694. The molecule has 0 aromatic heterocycles. The van der Waals surface area contributed by atoms with Crippen molar-refractivity contribution in [2.75, 3.05) is 51.8 Å². The average Bonchev–Trinajstić information content (AvgIpc) is 3.24. The van der Waals surface area contributed by atoms with Crippen LogP contribution in [0.15, 0.2) is 29.3 Å². The Morgan fingerprint density at radius 3 is 2.67 bits per heavy atom. The van der Waals surface area contributed by atoms with E-state index in [1.165, 1.54) is 11.3 Å². The van der Waals surface area contributed by atoms with Crippen molar-refractivity contribution in [2.24, 2.45) is 4.99 Å². The topological polar surface area (TPSA) is 69.2 Å². The third kappa shape index (κ3) is 7.61. The second kappa shape index (κ2) is 12.3. The number of amides is 1. The Labute approximate surface area is 197 Å². The molecule has 0 bridgehead atoms. The van der Waals surface area contributed by atoms with Gasteiger partial charge >= 0.3 is 0 Å². The number of aliphatic imine (C=N–C) groups is 1. The zero-order chi connectivity index (χ0) is 20.6. The SMILES string of the molecule is Cc1ccc(N2CCCC(NC(=NCC(=O)N(C)C)NCC3CCCO3)C2)cc1.I. The van der Waals surface area contributed by atoms with Crippen molar-refractivity contribution >= 4 is 41.5 Å². The molecule has 2 unspecified atom stereocenters. The summed E-state index contributed by atoms with van der Waals surface area (Å²) in [5, 5.41) is 6.95. The zero-order valence-corrected chi connectivity index (χ0v) is 20.7. The maximum Gasteiger partial charge on any atom is 0.243 e. The third-order valence-corrected chi connectivity index (χ3v) is 5.55. The maximum absolute atomic E-state index is 12.0. The summed E-state index contributed by atoms with van der Waals surface area (Å²) in [6.45, 7) is 5.79. The smallest absolute Gasteiger partial charge is 0.243 e. The number of carbonyl (C=O) groups is 1. The molecule has 2 heterocycles. The predicted octanol–water partition coefficient (Wildman–Crippen LogP) is 2.38. The number of benzene rings is 1. The average molecular weight is 529 g/mol. The van der Waals surface area contributed by atoms with E-state index in [2.05, 4.69) is 51.7 Å². The van der Waals surface area contributed by atoms with Crippen LogP contribution in [-0.2, 0) is 9.53 Å². The summed E-state index contributed by atoms with van der Waals surface area (Å²) < 4.78 is 5.71. The van der Waals surface area contributed by atoms with Crippen LogP contribution in [0.5, 0.6) is 0 Å². The Kier molecular flexibility index (Phi) is 10.2. The van der Waals surface area contributed by atoms with Crippen molar-refractivity contribution in [3.8, 4) is 0 Å². The summed E-state index contributed by atoms with van der Waals surface area (Å²) >= 11 is 0. The summed E-state index contributed by atoms with van der Waals surface area (Å²) in [4.78, 5) is 20.5. The van der Waals surface area contributed by atoms with E-state index >= 15 is 0 Å². The minimum atomic E-state index is -0.00635. The molecule has 1 aromatic rings. The number of ether oxygens (including phenoxy) is 1. The highest BCUT2D eigenvalue weighted by atomic mass is 127. The molecule has 8 heteroatoms. The van der Waals surface area contributed by atoms with Crippen molar-refractivity contribution in [3.63, 3.8) is 0 Å². The van der Waals surface area contributed by atoms with Gasteiger partial charge in [0.05, 0.1) is 6.10 Å². The van der Waals surface area contributed by atoms with Crippen LogP contribution >= 0.6 is 24.0 Å². The highest BCUT2D eigenvalue weighted by Gasteiger charge is 2.22. The number of guanidine groups is 1. The van der Waals surface area contributed by atoms with E-state index in [9.17, 15) is 4.79 Å². The number of carbonyl (C=O) groups excluding carboxylic acids is 1. The molecular weight excluding hydrogens is 493 g/mol. The molecule has 0 spiro atoms. The fraction of sp³-hybridized carbons (Fsp3) is 0.636. The number of hydrogen-bond donors (Lipinski definition) is 2. The van der Waals surface area contributed by atoms with E-state index in [0.29, 0.717) is 5.96 Å². The Bertz CT molecular complexity index is 689. The van der Waals surface area contributed by atoms with Crippen LogP contribution in [0.2, 0.25) is 0 Å². The number of nitrogens with zero attached hydrogens (tertiary/aromatic N) is 3. The van der Waals surface area contributed by atoms with Gasteiger partial charge in [-0.2, -0.15) is 0 Å². The van der Waals surface area contributed by atoms with Crippen LogP contribution in [0.1, 0.15) is 31.2 Å². The summed E-state index contributed by atoms with van der Waals surface area (Å²) in [6.07, 6.45) is 4.62. The van der Waals surface area contributed by atoms with Crippen molar-refractivity contribution in [2.45, 2.75) is 44.8 Å². The third-order valence-electron chi connectivity index (χ3n) is 5.55. The fourth-order valence-corrected chi connectivity index (χ4v) is 3.73. The lowest BCUT2D eigenvalue weighted by Crippen LogP contribution is -2.52. The molecule has 2 saturated heterocycles. The molecule has 2 fully saturated rings. The lowest BCUT2D eigenvalue weighted by molar-refractivity contribution is -0.127. The first-order valence-electron chi connectivity index (χ1n) is 10.7. The summed E-state index contributed by atoms with van der Waals surface area (Å²) in [7, 11) is 3.51. The lowest BCUT2D eigenvalue weighted by Gasteiger charge is -2.35. The Balaban J connectivity index is 0.00000320. The molecule has 1 aromatic carbocycles. The number of anilines is 1. The first-order valence-corrected chi connectivity index (χ1v) is 10.7. The van der Waals surface area contributed by atoms with E-state index in [4.69, 9.17) is 4.74 Å². The quantitative estimate of drug-likeness (QED) is 0.337. The number of hydrogen-bond acceptors (Lipinski definition) is 4. The van der Waals surface area contributed by atoms with Crippen LogP contribution in [0, 0.1) is 6.92 Å². The number of halogens is 1. The monoisotopic (exact) mass is 529 g/mol.